The van der Waals surface area contributed by atoms with Gasteiger partial charge in [-0.1, -0.05) is 39.8 Å². The smallest absolute Gasteiger partial charge is 0.202 e. The molecule has 0 heterocycles. The molecule has 0 nitrogen and oxygen atoms in total. The van der Waals surface area contributed by atoms with Crippen molar-refractivity contribution in [1.82, 2.24) is 0 Å². The van der Waals surface area contributed by atoms with Gasteiger partial charge in [0.15, 0.2) is 0 Å². The van der Waals surface area contributed by atoms with Crippen molar-refractivity contribution in [2.45, 2.75) is 39.8 Å². The van der Waals surface area contributed by atoms with Crippen molar-refractivity contribution in [3.63, 3.8) is 0 Å². The minimum Gasteiger partial charge on any atom is -0.227 e. The minimum absolute atomic E-state index is 0.587. The molecule has 54 valence electrons. The SMILES string of the molecule is CB(S)CCCC(C)C. The molecule has 0 amide bonds. The molecular formula is C7H17BS. The summed E-state index contributed by atoms with van der Waals surface area (Å²) in [5.41, 5.74) is 0. The molecule has 0 saturated heterocycles. The van der Waals surface area contributed by atoms with Crippen LogP contribution in [0.25, 0.3) is 0 Å². The predicted octanol–water partition coefficient (Wildman–Crippen LogP) is 2.97. The van der Waals surface area contributed by atoms with Gasteiger partial charge in [0.05, 0.1) is 0 Å². The first-order valence-corrected chi connectivity index (χ1v) is 4.32. The van der Waals surface area contributed by atoms with Crippen molar-refractivity contribution < 1.29 is 0 Å². The second kappa shape index (κ2) is 5.22. The van der Waals surface area contributed by atoms with Gasteiger partial charge in [0.25, 0.3) is 0 Å². The van der Waals surface area contributed by atoms with E-state index in [0.717, 1.165) is 5.92 Å². The van der Waals surface area contributed by atoms with E-state index in [1.54, 1.807) is 0 Å². The maximum absolute atomic E-state index is 4.30. The van der Waals surface area contributed by atoms with Crippen LogP contribution in [0.2, 0.25) is 13.1 Å². The van der Waals surface area contributed by atoms with Crippen molar-refractivity contribution in [3.05, 3.63) is 0 Å². The zero-order chi connectivity index (χ0) is 7.28. The van der Waals surface area contributed by atoms with Crippen molar-refractivity contribution >= 4 is 18.5 Å². The molecule has 2 heteroatoms. The van der Waals surface area contributed by atoms with Gasteiger partial charge in [-0.3, -0.25) is 0 Å². The highest BCUT2D eigenvalue weighted by Crippen LogP contribution is 2.09. The van der Waals surface area contributed by atoms with Crippen LogP contribution in [0.4, 0.5) is 0 Å². The van der Waals surface area contributed by atoms with Gasteiger partial charge in [0.1, 0.15) is 0 Å². The Morgan fingerprint density at radius 2 is 2.00 bits per heavy atom. The van der Waals surface area contributed by atoms with Crippen LogP contribution >= 0.6 is 12.5 Å². The normalized spacial score (nSPS) is 10.3. The third-order valence-electron chi connectivity index (χ3n) is 1.40. The summed E-state index contributed by atoms with van der Waals surface area (Å²) in [6.07, 6.45) is 3.95. The van der Waals surface area contributed by atoms with E-state index in [0.29, 0.717) is 5.99 Å². The maximum atomic E-state index is 4.30. The molecule has 0 rings (SSSR count). The Morgan fingerprint density at radius 1 is 1.44 bits per heavy atom. The van der Waals surface area contributed by atoms with Crippen LogP contribution in [0.15, 0.2) is 0 Å². The summed E-state index contributed by atoms with van der Waals surface area (Å²) in [6, 6.07) is 0. The highest BCUT2D eigenvalue weighted by molar-refractivity contribution is 8.10. The second-order valence-corrected chi connectivity index (χ2v) is 4.06. The third kappa shape index (κ3) is 8.41. The number of hydrogen-bond acceptors (Lipinski definition) is 1. The molecule has 0 aromatic heterocycles. The van der Waals surface area contributed by atoms with Gasteiger partial charge in [-0.15, -0.1) is 0 Å². The fourth-order valence-electron chi connectivity index (χ4n) is 0.822. The van der Waals surface area contributed by atoms with Crippen molar-refractivity contribution in [1.29, 1.82) is 0 Å². The highest BCUT2D eigenvalue weighted by Gasteiger charge is 1.99. The summed E-state index contributed by atoms with van der Waals surface area (Å²) in [6.45, 7) is 6.69. The second-order valence-electron chi connectivity index (χ2n) is 3.17. The lowest BCUT2D eigenvalue weighted by atomic mass is 9.73. The van der Waals surface area contributed by atoms with E-state index in [2.05, 4.69) is 33.2 Å². The first-order chi connectivity index (χ1) is 4.13. The first kappa shape index (κ1) is 9.41. The average molecular weight is 144 g/mol. The van der Waals surface area contributed by atoms with E-state index in [-0.39, 0.29) is 0 Å². The Bertz CT molecular complexity index is 53.9. The van der Waals surface area contributed by atoms with E-state index in [1.807, 2.05) is 0 Å². The number of hydrogen-bond donors (Lipinski definition) is 1. The molecule has 0 aromatic carbocycles. The lowest BCUT2D eigenvalue weighted by Crippen LogP contribution is -1.96. The van der Waals surface area contributed by atoms with Crippen LogP contribution in [0.1, 0.15) is 26.7 Å². The van der Waals surface area contributed by atoms with E-state index < -0.39 is 0 Å². The summed E-state index contributed by atoms with van der Waals surface area (Å²) in [5.74, 6) is 1.45. The third-order valence-corrected chi connectivity index (χ3v) is 1.66. The lowest BCUT2D eigenvalue weighted by molar-refractivity contribution is 0.575. The zero-order valence-electron chi connectivity index (χ0n) is 6.72. The Kier molecular flexibility index (Phi) is 5.46. The molecule has 9 heavy (non-hydrogen) atoms. The molecule has 0 radical (unpaired) electrons. The Balaban J connectivity index is 2.91. The van der Waals surface area contributed by atoms with Gasteiger partial charge in [0, 0.05) is 0 Å². The number of thiol groups is 1. The molecule has 0 bridgehead atoms. The van der Waals surface area contributed by atoms with Gasteiger partial charge in [-0.05, 0) is 5.92 Å². The number of rotatable bonds is 4. The van der Waals surface area contributed by atoms with Gasteiger partial charge in [0.2, 0.25) is 5.99 Å². The van der Waals surface area contributed by atoms with E-state index >= 15 is 0 Å². The minimum atomic E-state index is 0.587. The monoisotopic (exact) mass is 144 g/mol. The van der Waals surface area contributed by atoms with Crippen LogP contribution in [-0.4, -0.2) is 5.99 Å². The average Bonchev–Trinajstić information content (AvgIpc) is 1.63. The van der Waals surface area contributed by atoms with Crippen LogP contribution in [-0.2, 0) is 0 Å². The van der Waals surface area contributed by atoms with Crippen LogP contribution in [0.5, 0.6) is 0 Å². The Hall–Kier alpha value is 0.415. The van der Waals surface area contributed by atoms with Crippen LogP contribution < -0.4 is 0 Å². The molecule has 0 atom stereocenters. The van der Waals surface area contributed by atoms with Crippen molar-refractivity contribution in [3.8, 4) is 0 Å². The molecule has 0 unspecified atom stereocenters. The fraction of sp³-hybridized carbons (Fsp3) is 1.00. The zero-order valence-corrected chi connectivity index (χ0v) is 7.62. The van der Waals surface area contributed by atoms with Crippen LogP contribution in [0.3, 0.4) is 0 Å². The standard InChI is InChI=1S/C7H17BS/c1-7(2)5-4-6-8(3)9/h7,9H,4-6H2,1-3H3. The molecule has 0 saturated carbocycles. The molecule has 0 aromatic rings. The highest BCUT2D eigenvalue weighted by atomic mass is 32.1. The topological polar surface area (TPSA) is 0 Å². The van der Waals surface area contributed by atoms with Crippen molar-refractivity contribution in [2.75, 3.05) is 0 Å². The summed E-state index contributed by atoms with van der Waals surface area (Å²) in [7, 11) is 0. The molecule has 0 spiro atoms. The van der Waals surface area contributed by atoms with E-state index in [4.69, 9.17) is 0 Å². The van der Waals surface area contributed by atoms with Gasteiger partial charge < -0.3 is 0 Å². The molecular weight excluding hydrogens is 127 g/mol. The maximum Gasteiger partial charge on any atom is 0.202 e. The van der Waals surface area contributed by atoms with Crippen molar-refractivity contribution in [2.24, 2.45) is 5.92 Å². The lowest BCUT2D eigenvalue weighted by Gasteiger charge is -2.03. The quantitative estimate of drug-likeness (QED) is 0.455. The Labute approximate surface area is 64.8 Å². The summed E-state index contributed by atoms with van der Waals surface area (Å²) < 4.78 is 0. The summed E-state index contributed by atoms with van der Waals surface area (Å²) in [5, 5.41) is 0. The summed E-state index contributed by atoms with van der Waals surface area (Å²) in [4.78, 5) is 0. The molecule has 0 aliphatic heterocycles. The molecule has 0 fully saturated rings. The summed E-state index contributed by atoms with van der Waals surface area (Å²) >= 11 is 4.30. The largest absolute Gasteiger partial charge is 0.227 e. The first-order valence-electron chi connectivity index (χ1n) is 3.81. The Morgan fingerprint density at radius 3 is 2.33 bits per heavy atom. The fourth-order valence-corrected chi connectivity index (χ4v) is 1.00. The molecule has 0 aliphatic rings. The van der Waals surface area contributed by atoms with E-state index in [9.17, 15) is 0 Å². The van der Waals surface area contributed by atoms with E-state index in [1.165, 1.54) is 19.2 Å². The van der Waals surface area contributed by atoms with Gasteiger partial charge in [-0.25, -0.2) is 12.5 Å². The van der Waals surface area contributed by atoms with Crippen LogP contribution in [0, 0.1) is 5.92 Å². The van der Waals surface area contributed by atoms with Gasteiger partial charge in [-0.2, -0.15) is 0 Å². The molecule has 0 aliphatic carbocycles. The molecule has 0 N–H and O–H groups in total. The predicted molar refractivity (Wildman–Crippen MR) is 49.5 cm³/mol. The van der Waals surface area contributed by atoms with Gasteiger partial charge >= 0.3 is 0 Å².